The summed E-state index contributed by atoms with van der Waals surface area (Å²) in [7, 11) is -3.49. The highest BCUT2D eigenvalue weighted by Gasteiger charge is 2.34. The van der Waals surface area contributed by atoms with E-state index < -0.39 is 10.0 Å². The lowest BCUT2D eigenvalue weighted by atomic mass is 9.82. The van der Waals surface area contributed by atoms with Gasteiger partial charge in [0, 0.05) is 31.4 Å². The fourth-order valence-electron chi connectivity index (χ4n) is 3.09. The Labute approximate surface area is 131 Å². The van der Waals surface area contributed by atoms with Gasteiger partial charge in [0.05, 0.1) is 0 Å². The Morgan fingerprint density at radius 3 is 2.64 bits per heavy atom. The van der Waals surface area contributed by atoms with Gasteiger partial charge in [-0.1, -0.05) is 13.3 Å². The average molecular weight is 325 g/mol. The SMILES string of the molecule is CCCC(C(N)=O)C1CCN(S(=O)(=O)c2cccnc2)CC1. The van der Waals surface area contributed by atoms with E-state index in [9.17, 15) is 13.2 Å². The number of primary amides is 1. The fourth-order valence-corrected chi connectivity index (χ4v) is 4.52. The largest absolute Gasteiger partial charge is 0.369 e. The van der Waals surface area contributed by atoms with Crippen molar-refractivity contribution in [3.63, 3.8) is 0 Å². The van der Waals surface area contributed by atoms with Gasteiger partial charge in [-0.3, -0.25) is 9.78 Å². The van der Waals surface area contributed by atoms with Gasteiger partial charge >= 0.3 is 0 Å². The first-order valence-electron chi connectivity index (χ1n) is 7.66. The first-order valence-corrected chi connectivity index (χ1v) is 9.10. The zero-order valence-corrected chi connectivity index (χ0v) is 13.6. The minimum Gasteiger partial charge on any atom is -0.369 e. The summed E-state index contributed by atoms with van der Waals surface area (Å²) in [5.74, 6) is -0.235. The molecule has 0 aromatic carbocycles. The Balaban J connectivity index is 2.04. The van der Waals surface area contributed by atoms with Gasteiger partial charge in [0.1, 0.15) is 4.90 Å². The van der Waals surface area contributed by atoms with Crippen molar-refractivity contribution in [2.24, 2.45) is 17.6 Å². The van der Waals surface area contributed by atoms with Crippen LogP contribution in [0.1, 0.15) is 32.6 Å². The molecule has 1 aliphatic rings. The molecule has 122 valence electrons. The van der Waals surface area contributed by atoms with E-state index in [4.69, 9.17) is 5.73 Å². The van der Waals surface area contributed by atoms with Crippen LogP contribution in [0.3, 0.4) is 0 Å². The molecule has 0 spiro atoms. The number of sulfonamides is 1. The van der Waals surface area contributed by atoms with Crippen molar-refractivity contribution >= 4 is 15.9 Å². The molecule has 1 fully saturated rings. The van der Waals surface area contributed by atoms with E-state index in [2.05, 4.69) is 4.98 Å². The number of aromatic nitrogens is 1. The maximum Gasteiger partial charge on any atom is 0.244 e. The summed E-state index contributed by atoms with van der Waals surface area (Å²) in [6.07, 6.45) is 5.94. The van der Waals surface area contributed by atoms with Crippen LogP contribution in [0.25, 0.3) is 0 Å². The van der Waals surface area contributed by atoms with Crippen LogP contribution in [0.4, 0.5) is 0 Å². The molecule has 2 heterocycles. The molecule has 6 nitrogen and oxygen atoms in total. The third kappa shape index (κ3) is 3.64. The van der Waals surface area contributed by atoms with Crippen molar-refractivity contribution in [2.45, 2.75) is 37.5 Å². The predicted molar refractivity (Wildman–Crippen MR) is 83.3 cm³/mol. The maximum atomic E-state index is 12.5. The van der Waals surface area contributed by atoms with E-state index in [1.54, 1.807) is 18.3 Å². The molecule has 1 amide bonds. The molecule has 0 bridgehead atoms. The Hall–Kier alpha value is -1.47. The summed E-state index contributed by atoms with van der Waals surface area (Å²) in [5, 5.41) is 0. The Morgan fingerprint density at radius 2 is 2.14 bits per heavy atom. The van der Waals surface area contributed by atoms with Crippen LogP contribution in [0.2, 0.25) is 0 Å². The van der Waals surface area contributed by atoms with Crippen molar-refractivity contribution in [1.29, 1.82) is 0 Å². The molecule has 1 atom stereocenters. The third-order valence-electron chi connectivity index (χ3n) is 4.30. The van der Waals surface area contributed by atoms with Gasteiger partial charge in [0.25, 0.3) is 0 Å². The molecule has 0 saturated carbocycles. The predicted octanol–water partition coefficient (Wildman–Crippen LogP) is 1.38. The number of piperidine rings is 1. The number of hydrogen-bond acceptors (Lipinski definition) is 4. The van der Waals surface area contributed by atoms with Gasteiger partial charge in [-0.2, -0.15) is 4.31 Å². The monoisotopic (exact) mass is 325 g/mol. The highest BCUT2D eigenvalue weighted by Crippen LogP contribution is 2.30. The summed E-state index contributed by atoms with van der Waals surface area (Å²) in [4.78, 5) is 15.7. The molecule has 2 N–H and O–H groups in total. The molecule has 1 aromatic heterocycles. The Kier molecular flexibility index (Phi) is 5.52. The minimum atomic E-state index is -3.49. The topological polar surface area (TPSA) is 93.4 Å². The normalized spacial score (nSPS) is 19.0. The number of carbonyl (C=O) groups excluding carboxylic acids is 1. The zero-order chi connectivity index (χ0) is 16.2. The number of hydrogen-bond donors (Lipinski definition) is 1. The third-order valence-corrected chi connectivity index (χ3v) is 6.19. The van der Waals surface area contributed by atoms with Gasteiger partial charge in [-0.05, 0) is 37.3 Å². The second-order valence-corrected chi connectivity index (χ2v) is 7.67. The molecular weight excluding hydrogens is 302 g/mol. The highest BCUT2D eigenvalue weighted by atomic mass is 32.2. The lowest BCUT2D eigenvalue weighted by Gasteiger charge is -2.34. The molecule has 0 aliphatic carbocycles. The van der Waals surface area contributed by atoms with Gasteiger partial charge in [0.15, 0.2) is 0 Å². The molecule has 1 aromatic rings. The summed E-state index contributed by atoms with van der Waals surface area (Å²) >= 11 is 0. The second kappa shape index (κ2) is 7.19. The molecule has 1 aliphatic heterocycles. The standard InChI is InChI=1S/C15H23N3O3S/c1-2-4-14(15(16)19)12-6-9-18(10-7-12)22(20,21)13-5-3-8-17-11-13/h3,5,8,11-12,14H,2,4,6-7,9-10H2,1H3,(H2,16,19). The first-order chi connectivity index (χ1) is 10.5. The Bertz CT molecular complexity index is 596. The van der Waals surface area contributed by atoms with Gasteiger partial charge in [-0.25, -0.2) is 8.42 Å². The lowest BCUT2D eigenvalue weighted by Crippen LogP contribution is -2.42. The van der Waals surface area contributed by atoms with Crippen molar-refractivity contribution in [3.05, 3.63) is 24.5 Å². The van der Waals surface area contributed by atoms with Gasteiger partial charge in [0.2, 0.25) is 15.9 Å². The molecule has 7 heteroatoms. The molecular formula is C15H23N3O3S. The zero-order valence-electron chi connectivity index (χ0n) is 12.8. The van der Waals surface area contributed by atoms with Crippen LogP contribution in [-0.4, -0.2) is 36.7 Å². The smallest absolute Gasteiger partial charge is 0.244 e. The van der Waals surface area contributed by atoms with E-state index in [0.29, 0.717) is 25.9 Å². The van der Waals surface area contributed by atoms with Crippen LogP contribution in [-0.2, 0) is 14.8 Å². The van der Waals surface area contributed by atoms with Crippen LogP contribution in [0.5, 0.6) is 0 Å². The average Bonchev–Trinajstić information content (AvgIpc) is 2.53. The number of amides is 1. The Morgan fingerprint density at radius 1 is 1.45 bits per heavy atom. The van der Waals surface area contributed by atoms with E-state index in [-0.39, 0.29) is 22.6 Å². The lowest BCUT2D eigenvalue weighted by molar-refractivity contribution is -0.124. The van der Waals surface area contributed by atoms with E-state index in [1.807, 2.05) is 6.92 Å². The summed E-state index contributed by atoms with van der Waals surface area (Å²) in [6, 6.07) is 3.17. The number of nitrogens with zero attached hydrogens (tertiary/aromatic N) is 2. The van der Waals surface area contributed by atoms with Crippen molar-refractivity contribution in [2.75, 3.05) is 13.1 Å². The quantitative estimate of drug-likeness (QED) is 0.855. The number of pyridine rings is 1. The van der Waals surface area contributed by atoms with Crippen LogP contribution >= 0.6 is 0 Å². The van der Waals surface area contributed by atoms with Crippen molar-refractivity contribution in [3.8, 4) is 0 Å². The summed E-state index contributed by atoms with van der Waals surface area (Å²) in [5.41, 5.74) is 5.49. The number of rotatable bonds is 6. The molecule has 1 saturated heterocycles. The van der Waals surface area contributed by atoms with Crippen LogP contribution < -0.4 is 5.73 Å². The second-order valence-electron chi connectivity index (χ2n) is 5.73. The highest BCUT2D eigenvalue weighted by molar-refractivity contribution is 7.89. The van der Waals surface area contributed by atoms with Crippen molar-refractivity contribution in [1.82, 2.24) is 9.29 Å². The maximum absolute atomic E-state index is 12.5. The molecule has 1 unspecified atom stereocenters. The summed E-state index contributed by atoms with van der Waals surface area (Å²) in [6.45, 7) is 2.88. The van der Waals surface area contributed by atoms with Gasteiger partial charge in [-0.15, -0.1) is 0 Å². The van der Waals surface area contributed by atoms with E-state index in [1.165, 1.54) is 10.5 Å². The number of carbonyl (C=O) groups is 1. The number of nitrogens with two attached hydrogens (primary N) is 1. The molecule has 2 rings (SSSR count). The van der Waals surface area contributed by atoms with Crippen LogP contribution in [0, 0.1) is 11.8 Å². The van der Waals surface area contributed by atoms with E-state index in [0.717, 1.165) is 12.8 Å². The first kappa shape index (κ1) is 16.9. The van der Waals surface area contributed by atoms with Crippen LogP contribution in [0.15, 0.2) is 29.4 Å². The van der Waals surface area contributed by atoms with E-state index >= 15 is 0 Å². The minimum absolute atomic E-state index is 0.145. The van der Waals surface area contributed by atoms with Crippen molar-refractivity contribution < 1.29 is 13.2 Å². The fraction of sp³-hybridized carbons (Fsp3) is 0.600. The van der Waals surface area contributed by atoms with Gasteiger partial charge < -0.3 is 5.73 Å². The molecule has 22 heavy (non-hydrogen) atoms. The molecule has 0 radical (unpaired) electrons. The summed E-state index contributed by atoms with van der Waals surface area (Å²) < 4.78 is 26.5.